The van der Waals surface area contributed by atoms with Gasteiger partial charge in [-0.1, -0.05) is 45.6 Å². The average molecular weight is 165 g/mol. The van der Waals surface area contributed by atoms with Crippen molar-refractivity contribution in [3.8, 4) is 6.07 Å². The second-order valence-electron chi connectivity index (χ2n) is 3.31. The number of nitrogens with zero attached hydrogens (tertiary/aromatic N) is 1. The second-order valence-corrected chi connectivity index (χ2v) is 3.31. The van der Waals surface area contributed by atoms with Crippen molar-refractivity contribution in [3.63, 3.8) is 0 Å². The first kappa shape index (κ1) is 11.2. The summed E-state index contributed by atoms with van der Waals surface area (Å²) >= 11 is 0. The van der Waals surface area contributed by atoms with Crippen LogP contribution in [0.3, 0.4) is 0 Å². The van der Waals surface area contributed by atoms with Gasteiger partial charge in [0.25, 0.3) is 0 Å². The zero-order chi connectivity index (χ0) is 9.23. The standard InChI is InChI=1S/C11H19N/c1-3-4-5-6-8-11(2)9-7-10-12/h7,9,11H,3-6,8H2,1-2H3/b9-7+. The summed E-state index contributed by atoms with van der Waals surface area (Å²) < 4.78 is 0. The van der Waals surface area contributed by atoms with Crippen LogP contribution in [0, 0.1) is 17.2 Å². The lowest BCUT2D eigenvalue weighted by atomic mass is 10.0. The van der Waals surface area contributed by atoms with Crippen LogP contribution in [-0.4, -0.2) is 0 Å². The highest BCUT2D eigenvalue weighted by atomic mass is 14.2. The lowest BCUT2D eigenvalue weighted by Gasteiger charge is -2.03. The van der Waals surface area contributed by atoms with Gasteiger partial charge in [0.05, 0.1) is 6.07 Å². The third kappa shape index (κ3) is 7.34. The number of rotatable bonds is 6. The Hall–Kier alpha value is -0.770. The molecule has 0 aromatic carbocycles. The van der Waals surface area contributed by atoms with Crippen molar-refractivity contribution >= 4 is 0 Å². The average Bonchev–Trinajstić information content (AvgIpc) is 2.09. The van der Waals surface area contributed by atoms with Crippen LogP contribution >= 0.6 is 0 Å². The molecule has 0 spiro atoms. The molecule has 1 heteroatoms. The summed E-state index contributed by atoms with van der Waals surface area (Å²) in [5.74, 6) is 0.571. The Bertz CT molecular complexity index is 153. The van der Waals surface area contributed by atoms with E-state index in [2.05, 4.69) is 13.8 Å². The molecule has 0 aromatic heterocycles. The fourth-order valence-corrected chi connectivity index (χ4v) is 1.20. The van der Waals surface area contributed by atoms with E-state index in [0.29, 0.717) is 5.92 Å². The zero-order valence-corrected chi connectivity index (χ0v) is 8.21. The summed E-state index contributed by atoms with van der Waals surface area (Å²) in [6.45, 7) is 4.39. The topological polar surface area (TPSA) is 23.8 Å². The third-order valence-corrected chi connectivity index (χ3v) is 2.01. The molecular weight excluding hydrogens is 146 g/mol. The van der Waals surface area contributed by atoms with Crippen molar-refractivity contribution in [2.24, 2.45) is 5.92 Å². The highest BCUT2D eigenvalue weighted by Gasteiger charge is 1.95. The van der Waals surface area contributed by atoms with Gasteiger partial charge >= 0.3 is 0 Å². The maximum absolute atomic E-state index is 8.29. The van der Waals surface area contributed by atoms with Crippen LogP contribution in [-0.2, 0) is 0 Å². The Balaban J connectivity index is 3.26. The normalized spacial score (nSPS) is 13.1. The molecule has 0 fully saturated rings. The molecule has 0 N–H and O–H groups in total. The lowest BCUT2D eigenvalue weighted by Crippen LogP contribution is -1.89. The van der Waals surface area contributed by atoms with E-state index in [4.69, 9.17) is 5.26 Å². The predicted molar refractivity (Wildman–Crippen MR) is 52.7 cm³/mol. The van der Waals surface area contributed by atoms with E-state index in [9.17, 15) is 0 Å². The van der Waals surface area contributed by atoms with E-state index >= 15 is 0 Å². The molecule has 1 atom stereocenters. The molecular formula is C11H19N. The maximum atomic E-state index is 8.29. The molecule has 0 aliphatic rings. The molecule has 0 aliphatic carbocycles. The summed E-state index contributed by atoms with van der Waals surface area (Å²) in [7, 11) is 0. The first-order chi connectivity index (χ1) is 5.81. The van der Waals surface area contributed by atoms with Gasteiger partial charge in [0.2, 0.25) is 0 Å². The molecule has 0 saturated heterocycles. The summed E-state index contributed by atoms with van der Waals surface area (Å²) in [5, 5.41) is 8.29. The predicted octanol–water partition coefficient (Wildman–Crippen LogP) is 3.67. The third-order valence-electron chi connectivity index (χ3n) is 2.01. The van der Waals surface area contributed by atoms with E-state index in [-0.39, 0.29) is 0 Å². The van der Waals surface area contributed by atoms with Gasteiger partial charge in [0.1, 0.15) is 0 Å². The molecule has 0 radical (unpaired) electrons. The Labute approximate surface area is 76.1 Å². The summed E-state index contributed by atoms with van der Waals surface area (Å²) in [6.07, 6.45) is 10.1. The zero-order valence-electron chi connectivity index (χ0n) is 8.21. The van der Waals surface area contributed by atoms with Gasteiger partial charge in [0.15, 0.2) is 0 Å². The highest BCUT2D eigenvalue weighted by Crippen LogP contribution is 2.11. The quantitative estimate of drug-likeness (QED) is 0.435. The summed E-state index contributed by atoms with van der Waals surface area (Å²) in [6, 6.07) is 2.02. The van der Waals surface area contributed by atoms with Crippen molar-refractivity contribution in [1.29, 1.82) is 5.26 Å². The monoisotopic (exact) mass is 165 g/mol. The molecule has 0 rings (SSSR count). The van der Waals surface area contributed by atoms with Crippen LogP contribution < -0.4 is 0 Å². The van der Waals surface area contributed by atoms with Crippen molar-refractivity contribution in [2.45, 2.75) is 46.0 Å². The fourth-order valence-electron chi connectivity index (χ4n) is 1.20. The largest absolute Gasteiger partial charge is 0.193 e. The van der Waals surface area contributed by atoms with Gasteiger partial charge in [-0.05, 0) is 12.3 Å². The Morgan fingerprint density at radius 2 is 2.08 bits per heavy atom. The molecule has 12 heavy (non-hydrogen) atoms. The molecule has 0 saturated carbocycles. The van der Waals surface area contributed by atoms with Crippen LogP contribution in [0.4, 0.5) is 0 Å². The number of allylic oxidation sites excluding steroid dienone is 2. The molecule has 0 heterocycles. The fraction of sp³-hybridized carbons (Fsp3) is 0.727. The second kappa shape index (κ2) is 8.33. The van der Waals surface area contributed by atoms with Crippen molar-refractivity contribution in [2.75, 3.05) is 0 Å². The van der Waals surface area contributed by atoms with Crippen molar-refractivity contribution in [1.82, 2.24) is 0 Å². The Morgan fingerprint density at radius 3 is 2.67 bits per heavy atom. The van der Waals surface area contributed by atoms with Gasteiger partial charge in [-0.3, -0.25) is 0 Å². The van der Waals surface area contributed by atoms with Gasteiger partial charge in [-0.25, -0.2) is 0 Å². The van der Waals surface area contributed by atoms with E-state index in [1.165, 1.54) is 32.1 Å². The summed E-state index contributed by atoms with van der Waals surface area (Å²) in [4.78, 5) is 0. The van der Waals surface area contributed by atoms with Crippen LogP contribution in [0.1, 0.15) is 46.0 Å². The minimum Gasteiger partial charge on any atom is -0.193 e. The molecule has 0 bridgehead atoms. The number of unbranched alkanes of at least 4 members (excludes halogenated alkanes) is 3. The molecule has 0 aliphatic heterocycles. The lowest BCUT2D eigenvalue weighted by molar-refractivity contribution is 0.561. The molecule has 68 valence electrons. The van der Waals surface area contributed by atoms with Gasteiger partial charge < -0.3 is 0 Å². The van der Waals surface area contributed by atoms with E-state index < -0.39 is 0 Å². The van der Waals surface area contributed by atoms with E-state index in [0.717, 1.165) is 0 Å². The van der Waals surface area contributed by atoms with E-state index in [1.54, 1.807) is 6.08 Å². The highest BCUT2D eigenvalue weighted by molar-refractivity contribution is 5.03. The number of nitriles is 1. The molecule has 1 nitrogen and oxygen atoms in total. The minimum absolute atomic E-state index is 0.571. The van der Waals surface area contributed by atoms with Crippen LogP contribution in [0.25, 0.3) is 0 Å². The van der Waals surface area contributed by atoms with Crippen molar-refractivity contribution < 1.29 is 0 Å². The Kier molecular flexibility index (Phi) is 7.79. The maximum Gasteiger partial charge on any atom is 0.0908 e. The SMILES string of the molecule is CCCCCCC(C)/C=C/C#N. The first-order valence-corrected chi connectivity index (χ1v) is 4.87. The number of hydrogen-bond acceptors (Lipinski definition) is 1. The van der Waals surface area contributed by atoms with Crippen LogP contribution in [0.5, 0.6) is 0 Å². The molecule has 1 unspecified atom stereocenters. The molecule has 0 aromatic rings. The molecule has 0 amide bonds. The van der Waals surface area contributed by atoms with Crippen molar-refractivity contribution in [3.05, 3.63) is 12.2 Å². The van der Waals surface area contributed by atoms with Crippen LogP contribution in [0.2, 0.25) is 0 Å². The van der Waals surface area contributed by atoms with Crippen LogP contribution in [0.15, 0.2) is 12.2 Å². The number of hydrogen-bond donors (Lipinski definition) is 0. The van der Waals surface area contributed by atoms with Gasteiger partial charge in [-0.15, -0.1) is 0 Å². The smallest absolute Gasteiger partial charge is 0.0908 e. The van der Waals surface area contributed by atoms with Gasteiger partial charge in [0, 0.05) is 6.08 Å². The minimum atomic E-state index is 0.571. The van der Waals surface area contributed by atoms with Gasteiger partial charge in [-0.2, -0.15) is 5.26 Å². The summed E-state index contributed by atoms with van der Waals surface area (Å²) in [5.41, 5.74) is 0. The first-order valence-electron chi connectivity index (χ1n) is 4.87. The van der Waals surface area contributed by atoms with E-state index in [1.807, 2.05) is 12.1 Å². The Morgan fingerprint density at radius 1 is 1.33 bits per heavy atom.